The quantitative estimate of drug-likeness (QED) is 0.0672. The third-order valence-corrected chi connectivity index (χ3v) is 30.6. The van der Waals surface area contributed by atoms with E-state index in [0.717, 1.165) is 118 Å². The van der Waals surface area contributed by atoms with Crippen LogP contribution in [0.2, 0.25) is 0 Å². The normalized spacial score (nSPS) is 11.9. The van der Waals surface area contributed by atoms with Gasteiger partial charge in [0.25, 0.3) is 0 Å². The van der Waals surface area contributed by atoms with Gasteiger partial charge in [0.2, 0.25) is 0 Å². The number of anilines is 9. The molecule has 0 bridgehead atoms. The van der Waals surface area contributed by atoms with Gasteiger partial charge in [-0.3, -0.25) is 0 Å². The first-order valence-corrected chi connectivity index (χ1v) is 45.0. The molecule has 0 spiro atoms. The highest BCUT2D eigenvalue weighted by atomic mass is 28.3. The standard InChI is InChI=1S/C117H81N7Si/c1-80-52-54-88(55-53-80)118(81-32-12-2-13-33-81)90-58-64-102-110(76-90)121(84-38-18-5-19-39-84)106-72-68-100-98(114(102)106)70-74-108-116(100)104-66-60-92(78-112(104)123(108)86-42-22-7-23-43-86)120(83-36-16-4-17-37-83)93-61-67-105-113(79-93)124(87-44-24-8-25-45-87)109-75-71-99-101(117(105)109)69-73-107-115(99)103-65-59-91(77-111(103)122(107)85-40-20-6-21-41-85)119(82-34-14-3-15-35-82)89-56-62-97(63-57-89)125(94-46-26-9-27-47-94,95-48-28-10-29-49-95)96-50-30-11-31-51-96/h2-79H,1H3. The molecule has 0 saturated carbocycles. The van der Waals surface area contributed by atoms with Gasteiger partial charge in [0.15, 0.2) is 8.07 Å². The monoisotopic (exact) mass is 1610 g/mol. The number of aryl methyl sites for hydroxylation is 1. The molecule has 24 aromatic rings. The van der Waals surface area contributed by atoms with Crippen molar-refractivity contribution in [1.29, 1.82) is 0 Å². The zero-order chi connectivity index (χ0) is 82.6. The van der Waals surface area contributed by atoms with Crippen LogP contribution in [-0.2, 0) is 0 Å². The first-order valence-electron chi connectivity index (χ1n) is 43.0. The van der Waals surface area contributed by atoms with Crippen LogP contribution in [0.15, 0.2) is 473 Å². The molecule has 0 unspecified atom stereocenters. The minimum Gasteiger partial charge on any atom is -0.310 e. The molecule has 0 aliphatic carbocycles. The van der Waals surface area contributed by atoms with E-state index in [0.29, 0.717) is 0 Å². The lowest BCUT2D eigenvalue weighted by Crippen LogP contribution is -2.74. The van der Waals surface area contributed by atoms with Gasteiger partial charge >= 0.3 is 0 Å². The van der Waals surface area contributed by atoms with Crippen molar-refractivity contribution in [2.45, 2.75) is 6.92 Å². The van der Waals surface area contributed by atoms with Crippen molar-refractivity contribution in [3.8, 4) is 22.7 Å². The van der Waals surface area contributed by atoms with E-state index < -0.39 is 8.07 Å². The van der Waals surface area contributed by atoms with Crippen LogP contribution in [-0.4, -0.2) is 26.3 Å². The van der Waals surface area contributed by atoms with E-state index in [1.807, 2.05) is 0 Å². The maximum atomic E-state index is 2.48. The summed E-state index contributed by atoms with van der Waals surface area (Å²) in [4.78, 5) is 7.25. The fourth-order valence-electron chi connectivity index (χ4n) is 20.5. The molecule has 0 N–H and O–H groups in total. The minimum absolute atomic E-state index is 1.04. The molecule has 588 valence electrons. The zero-order valence-corrected chi connectivity index (χ0v) is 69.7. The molecule has 0 atom stereocenters. The number of benzene rings is 20. The maximum Gasteiger partial charge on any atom is 0.179 e. The van der Waals surface area contributed by atoms with Crippen molar-refractivity contribution in [2.24, 2.45) is 0 Å². The Morgan fingerprint density at radius 2 is 0.352 bits per heavy atom. The van der Waals surface area contributed by atoms with E-state index in [9.17, 15) is 0 Å². The summed E-state index contributed by atoms with van der Waals surface area (Å²) in [5.41, 5.74) is 24.3. The highest BCUT2D eigenvalue weighted by Crippen LogP contribution is 2.50. The van der Waals surface area contributed by atoms with Crippen molar-refractivity contribution in [2.75, 3.05) is 14.7 Å². The highest BCUT2D eigenvalue weighted by molar-refractivity contribution is 7.19. The molecular formula is C117H81N7Si. The third kappa shape index (κ3) is 11.8. The smallest absolute Gasteiger partial charge is 0.179 e. The fourth-order valence-corrected chi connectivity index (χ4v) is 25.2. The van der Waals surface area contributed by atoms with Crippen LogP contribution in [0.4, 0.5) is 51.2 Å². The van der Waals surface area contributed by atoms with Crippen molar-refractivity contribution < 1.29 is 0 Å². The highest BCUT2D eigenvalue weighted by Gasteiger charge is 2.42. The molecule has 20 aromatic carbocycles. The number of hydrogen-bond donors (Lipinski definition) is 0. The molecule has 7 nitrogen and oxygen atoms in total. The van der Waals surface area contributed by atoms with Gasteiger partial charge in [0.05, 0.1) is 44.1 Å². The first kappa shape index (κ1) is 72.7. The molecule has 8 heteroatoms. The Labute approximate surface area is 725 Å². The van der Waals surface area contributed by atoms with Gasteiger partial charge in [-0.25, -0.2) is 0 Å². The lowest BCUT2D eigenvalue weighted by Gasteiger charge is -2.35. The Balaban J connectivity index is 0.668. The molecule has 4 aromatic heterocycles. The maximum absolute atomic E-state index is 2.81. The second-order valence-corrected chi connectivity index (χ2v) is 36.6. The van der Waals surface area contributed by atoms with Gasteiger partial charge in [-0.15, -0.1) is 0 Å². The van der Waals surface area contributed by atoms with E-state index in [-0.39, 0.29) is 0 Å². The summed E-state index contributed by atoms with van der Waals surface area (Å²) in [6, 6.07) is 176. The van der Waals surface area contributed by atoms with E-state index in [2.05, 4.69) is 513 Å². The van der Waals surface area contributed by atoms with Crippen molar-refractivity contribution >= 4 is 189 Å². The van der Waals surface area contributed by atoms with E-state index in [4.69, 9.17) is 0 Å². The minimum atomic E-state index is -2.81. The molecular weight excluding hydrogens is 1530 g/mol. The lowest BCUT2D eigenvalue weighted by molar-refractivity contribution is 1.17. The Morgan fingerprint density at radius 1 is 0.160 bits per heavy atom. The summed E-state index contributed by atoms with van der Waals surface area (Å²) in [7, 11) is -2.81. The van der Waals surface area contributed by atoms with Crippen LogP contribution in [0.5, 0.6) is 0 Å². The Morgan fingerprint density at radius 3 is 0.608 bits per heavy atom. The van der Waals surface area contributed by atoms with Crippen LogP contribution in [0.3, 0.4) is 0 Å². The summed E-state index contributed by atoms with van der Waals surface area (Å²) in [6.07, 6.45) is 0. The largest absolute Gasteiger partial charge is 0.310 e. The third-order valence-electron chi connectivity index (χ3n) is 25.8. The molecule has 0 fully saturated rings. The van der Waals surface area contributed by atoms with Gasteiger partial charge in [-0.1, -0.05) is 297 Å². The predicted molar refractivity (Wildman–Crippen MR) is 531 cm³/mol. The summed E-state index contributed by atoms with van der Waals surface area (Å²) in [5, 5.41) is 19.7. The average Bonchev–Trinajstić information content (AvgIpc) is 1.55. The average molecular weight is 1610 g/mol. The predicted octanol–water partition coefficient (Wildman–Crippen LogP) is 28.5. The molecule has 0 saturated heterocycles. The van der Waals surface area contributed by atoms with Crippen LogP contribution < -0.4 is 35.4 Å². The van der Waals surface area contributed by atoms with Gasteiger partial charge in [0.1, 0.15) is 0 Å². The summed E-state index contributed by atoms with van der Waals surface area (Å²) >= 11 is 0. The fraction of sp³-hybridized carbons (Fsp3) is 0.00855. The number of aromatic nitrogens is 4. The lowest BCUT2D eigenvalue weighted by atomic mass is 9.99. The Bertz CT molecular complexity index is 8120. The van der Waals surface area contributed by atoms with Crippen molar-refractivity contribution in [3.05, 3.63) is 479 Å². The topological polar surface area (TPSA) is 29.4 Å². The first-order chi connectivity index (χ1) is 62.0. The summed E-state index contributed by atoms with van der Waals surface area (Å²) < 4.78 is 9.90. The van der Waals surface area contributed by atoms with Crippen LogP contribution in [0.25, 0.3) is 132 Å². The summed E-state index contributed by atoms with van der Waals surface area (Å²) in [6.45, 7) is 2.15. The second-order valence-electron chi connectivity index (χ2n) is 32.8. The molecule has 0 amide bonds. The number of rotatable bonds is 17. The van der Waals surface area contributed by atoms with Crippen LogP contribution in [0, 0.1) is 6.92 Å². The number of hydrogen-bond acceptors (Lipinski definition) is 3. The zero-order valence-electron chi connectivity index (χ0n) is 68.7. The number of para-hydroxylation sites is 7. The molecule has 0 aliphatic heterocycles. The molecule has 125 heavy (non-hydrogen) atoms. The summed E-state index contributed by atoms with van der Waals surface area (Å²) in [5.74, 6) is 0. The number of fused-ring (bicyclic) bond motifs is 18. The molecule has 4 heterocycles. The second kappa shape index (κ2) is 29.9. The van der Waals surface area contributed by atoms with Gasteiger partial charge in [0, 0.05) is 117 Å². The van der Waals surface area contributed by atoms with Crippen molar-refractivity contribution in [1.82, 2.24) is 18.3 Å². The van der Waals surface area contributed by atoms with Crippen LogP contribution in [0.1, 0.15) is 5.56 Å². The van der Waals surface area contributed by atoms with Gasteiger partial charge < -0.3 is 33.0 Å². The van der Waals surface area contributed by atoms with E-state index in [1.54, 1.807) is 0 Å². The molecule has 0 radical (unpaired) electrons. The van der Waals surface area contributed by atoms with Crippen molar-refractivity contribution in [3.63, 3.8) is 0 Å². The Hall–Kier alpha value is -16.3. The molecule has 24 rings (SSSR count). The van der Waals surface area contributed by atoms with E-state index in [1.165, 1.54) is 90.9 Å². The van der Waals surface area contributed by atoms with E-state index >= 15 is 0 Å². The van der Waals surface area contributed by atoms with Crippen LogP contribution >= 0.6 is 0 Å². The number of nitrogens with zero attached hydrogens (tertiary/aromatic N) is 7. The van der Waals surface area contributed by atoms with Gasteiger partial charge in [-0.05, 0) is 231 Å². The van der Waals surface area contributed by atoms with Gasteiger partial charge in [-0.2, -0.15) is 0 Å². The SMILES string of the molecule is Cc1ccc(N(c2ccccc2)c2ccc3c4c5ccc6c(c5ccc4n(-c4ccccc4)c3c2)c2ccc(N(c3ccccc3)c3ccc4c5c7ccc8c(c7ccc5n(-c5ccccc5)c4c3)c3ccc(N(c4ccccc4)c4ccc([Si](c5ccccc5)(c5ccccc5)c5ccccc5)cc4)cc3n8-c3ccccc3)cc2n6-c2ccccc2)cc1. The Kier molecular flexibility index (Phi) is 17.4. The molecule has 0 aliphatic rings.